The quantitative estimate of drug-likeness (QED) is 0.593. The van der Waals surface area contributed by atoms with E-state index >= 15 is 0 Å². The minimum Gasteiger partial charge on any atom is -0.315 e. The van der Waals surface area contributed by atoms with Crippen LogP contribution in [0.15, 0.2) is 30.3 Å². The van der Waals surface area contributed by atoms with Crippen molar-refractivity contribution in [3.05, 3.63) is 35.9 Å². The van der Waals surface area contributed by atoms with E-state index in [4.69, 9.17) is 4.18 Å². The lowest BCUT2D eigenvalue weighted by Crippen LogP contribution is -1.99. The number of rotatable bonds is 1. The third kappa shape index (κ3) is 1.57. The van der Waals surface area contributed by atoms with E-state index in [9.17, 15) is 0 Å². The molecule has 0 radical (unpaired) electrons. The number of benzene rings is 1. The van der Waals surface area contributed by atoms with Gasteiger partial charge in [-0.1, -0.05) is 30.3 Å². The van der Waals surface area contributed by atoms with Crippen molar-refractivity contribution in [2.24, 2.45) is 0 Å². The molecule has 0 spiro atoms. The summed E-state index contributed by atoms with van der Waals surface area (Å²) in [5, 5.41) is 0. The fourth-order valence-electron chi connectivity index (χ4n) is 1.23. The van der Waals surface area contributed by atoms with Gasteiger partial charge in [0.2, 0.25) is 0 Å². The van der Waals surface area contributed by atoms with Gasteiger partial charge < -0.3 is 4.18 Å². The summed E-state index contributed by atoms with van der Waals surface area (Å²) in [7, 11) is 0. The van der Waals surface area contributed by atoms with Gasteiger partial charge in [0, 0.05) is 11.7 Å². The summed E-state index contributed by atoms with van der Waals surface area (Å²) >= 11 is 1.58. The van der Waals surface area contributed by atoms with Crippen molar-refractivity contribution in [2.45, 2.75) is 5.92 Å². The summed E-state index contributed by atoms with van der Waals surface area (Å²) in [5.41, 5.74) is 1.40. The SMILES string of the molecule is c1ccc(C2COSC2)cc1. The molecule has 0 aliphatic carbocycles. The molecule has 1 aliphatic heterocycles. The zero-order valence-electron chi connectivity index (χ0n) is 6.19. The van der Waals surface area contributed by atoms with E-state index in [2.05, 4.69) is 24.3 Å². The second-order valence-corrected chi connectivity index (χ2v) is 3.48. The van der Waals surface area contributed by atoms with E-state index in [1.54, 1.807) is 12.0 Å². The largest absolute Gasteiger partial charge is 0.315 e. The van der Waals surface area contributed by atoms with Crippen LogP contribution in [0.3, 0.4) is 0 Å². The highest BCUT2D eigenvalue weighted by Crippen LogP contribution is 2.28. The van der Waals surface area contributed by atoms with E-state index in [1.165, 1.54) is 5.56 Å². The molecule has 1 aliphatic rings. The van der Waals surface area contributed by atoms with Crippen LogP contribution in [-0.4, -0.2) is 12.4 Å². The number of hydrogen-bond donors (Lipinski definition) is 0. The zero-order valence-corrected chi connectivity index (χ0v) is 7.01. The molecule has 1 unspecified atom stereocenters. The highest BCUT2D eigenvalue weighted by molar-refractivity contribution is 7.94. The van der Waals surface area contributed by atoms with E-state index < -0.39 is 0 Å². The Morgan fingerprint density at radius 2 is 2.09 bits per heavy atom. The van der Waals surface area contributed by atoms with Crippen molar-refractivity contribution < 1.29 is 4.18 Å². The van der Waals surface area contributed by atoms with Gasteiger partial charge in [0.25, 0.3) is 0 Å². The Morgan fingerprint density at radius 1 is 1.27 bits per heavy atom. The summed E-state index contributed by atoms with van der Waals surface area (Å²) in [5.74, 6) is 1.71. The van der Waals surface area contributed by atoms with Crippen molar-refractivity contribution in [1.29, 1.82) is 0 Å². The molecular weight excluding hydrogens is 156 g/mol. The first kappa shape index (κ1) is 7.19. The summed E-state index contributed by atoms with van der Waals surface area (Å²) in [6.45, 7) is 0.870. The molecule has 1 aromatic carbocycles. The Hall–Kier alpha value is -0.470. The minimum absolute atomic E-state index is 0.612. The lowest BCUT2D eigenvalue weighted by atomic mass is 10.0. The van der Waals surface area contributed by atoms with Crippen LogP contribution >= 0.6 is 12.0 Å². The third-order valence-corrected chi connectivity index (χ3v) is 2.73. The van der Waals surface area contributed by atoms with Gasteiger partial charge in [-0.05, 0) is 17.6 Å². The Kier molecular flexibility index (Phi) is 2.15. The fourth-order valence-corrected chi connectivity index (χ4v) is 2.04. The molecule has 0 amide bonds. The molecular formula is C9H10OS. The van der Waals surface area contributed by atoms with Gasteiger partial charge in [0.1, 0.15) is 0 Å². The number of hydrogen-bond acceptors (Lipinski definition) is 2. The van der Waals surface area contributed by atoms with Crippen molar-refractivity contribution in [2.75, 3.05) is 12.4 Å². The van der Waals surface area contributed by atoms with E-state index in [0.29, 0.717) is 5.92 Å². The van der Waals surface area contributed by atoms with E-state index in [-0.39, 0.29) is 0 Å². The van der Waals surface area contributed by atoms with Crippen molar-refractivity contribution >= 4 is 12.0 Å². The molecule has 58 valence electrons. The second kappa shape index (κ2) is 3.28. The first-order chi connectivity index (χ1) is 5.47. The molecule has 0 bridgehead atoms. The fraction of sp³-hybridized carbons (Fsp3) is 0.333. The van der Waals surface area contributed by atoms with Crippen LogP contribution in [0.1, 0.15) is 11.5 Å². The summed E-state index contributed by atoms with van der Waals surface area (Å²) in [6, 6.07) is 10.5. The lowest BCUT2D eigenvalue weighted by Gasteiger charge is -2.04. The maximum atomic E-state index is 5.23. The first-order valence-corrected chi connectivity index (χ1v) is 4.67. The molecule has 2 heteroatoms. The molecule has 1 nitrogen and oxygen atoms in total. The molecule has 1 fully saturated rings. The van der Waals surface area contributed by atoms with Crippen LogP contribution in [0.2, 0.25) is 0 Å². The Labute approximate surface area is 71.0 Å². The van der Waals surface area contributed by atoms with Crippen molar-refractivity contribution in [3.63, 3.8) is 0 Å². The van der Waals surface area contributed by atoms with E-state index in [1.807, 2.05) is 6.07 Å². The van der Waals surface area contributed by atoms with E-state index in [0.717, 1.165) is 12.4 Å². The van der Waals surface area contributed by atoms with Gasteiger partial charge in [-0.25, -0.2) is 0 Å². The van der Waals surface area contributed by atoms with Gasteiger partial charge in [0.15, 0.2) is 0 Å². The molecule has 0 aromatic heterocycles. The average Bonchev–Trinajstić information content (AvgIpc) is 2.58. The van der Waals surface area contributed by atoms with Crippen LogP contribution in [0.4, 0.5) is 0 Å². The molecule has 0 N–H and O–H groups in total. The highest BCUT2D eigenvalue weighted by atomic mass is 32.2. The zero-order chi connectivity index (χ0) is 7.52. The first-order valence-electron chi connectivity index (χ1n) is 3.76. The summed E-state index contributed by atoms with van der Waals surface area (Å²) in [4.78, 5) is 0. The third-order valence-electron chi connectivity index (χ3n) is 1.89. The molecule has 11 heavy (non-hydrogen) atoms. The molecule has 1 aromatic rings. The monoisotopic (exact) mass is 166 g/mol. The highest BCUT2D eigenvalue weighted by Gasteiger charge is 2.17. The summed E-state index contributed by atoms with van der Waals surface area (Å²) in [6.07, 6.45) is 0. The predicted octanol–water partition coefficient (Wildman–Crippen LogP) is 2.45. The maximum Gasteiger partial charge on any atom is 0.0691 e. The molecule has 1 heterocycles. The Morgan fingerprint density at radius 3 is 2.73 bits per heavy atom. The van der Waals surface area contributed by atoms with Gasteiger partial charge in [-0.2, -0.15) is 0 Å². The van der Waals surface area contributed by atoms with Gasteiger partial charge in [0.05, 0.1) is 6.61 Å². The normalized spacial score (nSPS) is 23.8. The van der Waals surface area contributed by atoms with Gasteiger partial charge >= 0.3 is 0 Å². The maximum absolute atomic E-state index is 5.23. The van der Waals surface area contributed by atoms with Crippen molar-refractivity contribution in [3.8, 4) is 0 Å². The molecule has 0 saturated carbocycles. The molecule has 1 saturated heterocycles. The summed E-state index contributed by atoms with van der Waals surface area (Å²) < 4.78 is 5.23. The lowest BCUT2D eigenvalue weighted by molar-refractivity contribution is 0.381. The van der Waals surface area contributed by atoms with Crippen LogP contribution < -0.4 is 0 Å². The average molecular weight is 166 g/mol. The molecule has 1 atom stereocenters. The van der Waals surface area contributed by atoms with Gasteiger partial charge in [-0.3, -0.25) is 0 Å². The van der Waals surface area contributed by atoms with Crippen LogP contribution in [0.5, 0.6) is 0 Å². The predicted molar refractivity (Wildman–Crippen MR) is 47.6 cm³/mol. The van der Waals surface area contributed by atoms with Crippen LogP contribution in [-0.2, 0) is 4.18 Å². The van der Waals surface area contributed by atoms with Crippen LogP contribution in [0.25, 0.3) is 0 Å². The topological polar surface area (TPSA) is 9.23 Å². The van der Waals surface area contributed by atoms with Crippen LogP contribution in [0, 0.1) is 0 Å². The smallest absolute Gasteiger partial charge is 0.0691 e. The van der Waals surface area contributed by atoms with Crippen molar-refractivity contribution in [1.82, 2.24) is 0 Å². The standard InChI is InChI=1S/C9H10OS/c1-2-4-8(5-3-1)9-6-10-11-7-9/h1-5,9H,6-7H2. The molecule has 2 rings (SSSR count). The van der Waals surface area contributed by atoms with Gasteiger partial charge in [-0.15, -0.1) is 0 Å². The Bertz CT molecular complexity index is 216. The Balaban J connectivity index is 2.16. The second-order valence-electron chi connectivity index (χ2n) is 2.68. The minimum atomic E-state index is 0.612.